The Morgan fingerprint density at radius 3 is 2.47 bits per heavy atom. The average molecular weight is 675 g/mol. The van der Waals surface area contributed by atoms with Gasteiger partial charge in [-0.2, -0.15) is 8.99 Å². The smallest absolute Gasteiger partial charge is 0.435 e. The Labute approximate surface area is 273 Å². The van der Waals surface area contributed by atoms with Crippen molar-refractivity contribution in [3.05, 3.63) is 70.4 Å². The number of rotatable bonds is 12. The number of methoxy groups -OCH3 is 1. The molecule has 1 saturated heterocycles. The molecule has 3 heterocycles. The van der Waals surface area contributed by atoms with Crippen molar-refractivity contribution in [2.24, 2.45) is 0 Å². The topological polar surface area (TPSA) is 135 Å². The first-order chi connectivity index (χ1) is 22.5. The number of anilines is 2. The highest BCUT2D eigenvalue weighted by atomic mass is 32.2. The van der Waals surface area contributed by atoms with E-state index in [-0.39, 0.29) is 43.5 Å². The summed E-state index contributed by atoms with van der Waals surface area (Å²) in [5.74, 6) is -2.63. The van der Waals surface area contributed by atoms with Crippen LogP contribution < -0.4 is 10.6 Å². The van der Waals surface area contributed by atoms with Crippen molar-refractivity contribution in [3.8, 4) is 0 Å². The zero-order chi connectivity index (χ0) is 33.7. The van der Waals surface area contributed by atoms with Gasteiger partial charge in [-0.15, -0.1) is 5.10 Å². The fourth-order valence-electron chi connectivity index (χ4n) is 5.87. The van der Waals surface area contributed by atoms with Crippen LogP contribution in [0.5, 0.6) is 0 Å². The normalized spacial score (nSPS) is 16.1. The van der Waals surface area contributed by atoms with Crippen molar-refractivity contribution in [1.29, 1.82) is 0 Å². The second-order valence-corrected chi connectivity index (χ2v) is 13.7. The van der Waals surface area contributed by atoms with Gasteiger partial charge in [0.2, 0.25) is 10.0 Å². The van der Waals surface area contributed by atoms with E-state index in [1.165, 1.54) is 0 Å². The molecule has 1 atom stereocenters. The molecule has 0 spiro atoms. The average Bonchev–Trinajstić information content (AvgIpc) is 3.67. The zero-order valence-corrected chi connectivity index (χ0v) is 27.5. The monoisotopic (exact) mass is 674 g/mol. The number of aromatic nitrogens is 2. The first-order valence-electron chi connectivity index (χ1n) is 15.7. The maximum atomic E-state index is 14.0. The van der Waals surface area contributed by atoms with Crippen LogP contribution >= 0.6 is 0 Å². The summed E-state index contributed by atoms with van der Waals surface area (Å²) >= 11 is 0. The SMILES string of the molecule is CCCOC(=O)n1nc(NC(=O)c2ccc(CN3CCCC3)cc2N[C@@H](C)COC)c2c1CCN(S(=O)(=O)c1cc(F)cc(F)c1)C2. The standard InChI is InChI=1S/C32H40F2N6O6S/c1-4-13-46-32(42)40-29-9-12-39(47(43,44)25-16-23(33)15-24(34)17-25)19-27(29)30(37-40)36-31(41)26-8-7-22(18-38-10-5-6-11-38)14-28(26)35-21(2)20-45-3/h7-8,14-17,21,35H,4-6,9-13,18-20H2,1-3H3,(H,36,37,41)/t21-/m0/s1. The number of carbonyl (C=O) groups excluding carboxylic acids is 2. The summed E-state index contributed by atoms with van der Waals surface area (Å²) in [5, 5.41) is 10.5. The van der Waals surface area contributed by atoms with Crippen molar-refractivity contribution < 1.29 is 36.3 Å². The number of benzene rings is 2. The van der Waals surface area contributed by atoms with Crippen LogP contribution in [0.15, 0.2) is 41.3 Å². The highest BCUT2D eigenvalue weighted by Gasteiger charge is 2.35. The van der Waals surface area contributed by atoms with Gasteiger partial charge in [0.15, 0.2) is 5.82 Å². The number of likely N-dealkylation sites (tertiary alicyclic amines) is 1. The second-order valence-electron chi connectivity index (χ2n) is 11.8. The molecule has 3 aromatic rings. The van der Waals surface area contributed by atoms with Gasteiger partial charge in [0, 0.05) is 56.5 Å². The van der Waals surface area contributed by atoms with Gasteiger partial charge in [-0.1, -0.05) is 13.0 Å². The van der Waals surface area contributed by atoms with Crippen molar-refractivity contribution in [3.63, 3.8) is 0 Å². The van der Waals surface area contributed by atoms with Crippen molar-refractivity contribution >= 4 is 33.5 Å². The molecule has 2 aliphatic heterocycles. The van der Waals surface area contributed by atoms with Gasteiger partial charge in [-0.05, 0) is 69.1 Å². The Kier molecular flexibility index (Phi) is 10.9. The van der Waals surface area contributed by atoms with Gasteiger partial charge < -0.3 is 20.1 Å². The second kappa shape index (κ2) is 14.9. The van der Waals surface area contributed by atoms with Crippen molar-refractivity contribution in [2.75, 3.05) is 50.6 Å². The number of halogens is 2. The first kappa shape index (κ1) is 34.4. The Hall–Kier alpha value is -3.92. The molecule has 1 aromatic heterocycles. The molecule has 5 rings (SSSR count). The Bertz CT molecular complexity index is 1710. The molecule has 2 aliphatic rings. The fraction of sp³-hybridized carbons (Fsp3) is 0.469. The third-order valence-electron chi connectivity index (χ3n) is 8.08. The van der Waals surface area contributed by atoms with E-state index in [1.54, 1.807) is 13.2 Å². The molecule has 0 radical (unpaired) electrons. The molecular formula is C32H40F2N6O6S. The minimum Gasteiger partial charge on any atom is -0.448 e. The number of hydrogen-bond donors (Lipinski definition) is 2. The van der Waals surface area contributed by atoms with Crippen LogP contribution in [0.2, 0.25) is 0 Å². The van der Waals surface area contributed by atoms with E-state index in [9.17, 15) is 26.8 Å². The van der Waals surface area contributed by atoms with Gasteiger partial charge >= 0.3 is 6.09 Å². The summed E-state index contributed by atoms with van der Waals surface area (Å²) in [6, 6.07) is 7.50. The Morgan fingerprint density at radius 2 is 1.79 bits per heavy atom. The minimum absolute atomic E-state index is 0.0270. The van der Waals surface area contributed by atoms with Crippen molar-refractivity contribution in [1.82, 2.24) is 19.0 Å². The van der Waals surface area contributed by atoms with Gasteiger partial charge in [0.05, 0.1) is 29.4 Å². The summed E-state index contributed by atoms with van der Waals surface area (Å²) < 4.78 is 67.5. The molecule has 1 fully saturated rings. The molecule has 0 aliphatic carbocycles. The van der Waals surface area contributed by atoms with Crippen LogP contribution in [-0.4, -0.2) is 85.4 Å². The van der Waals surface area contributed by atoms with Crippen LogP contribution in [0, 0.1) is 11.6 Å². The summed E-state index contributed by atoms with van der Waals surface area (Å²) in [6.07, 6.45) is 2.13. The molecule has 1 amide bonds. The molecule has 47 heavy (non-hydrogen) atoms. The number of amides is 1. The number of sulfonamides is 1. The molecule has 0 unspecified atom stereocenters. The molecule has 12 nitrogen and oxygen atoms in total. The number of ether oxygens (including phenoxy) is 2. The van der Waals surface area contributed by atoms with E-state index in [4.69, 9.17) is 9.47 Å². The van der Waals surface area contributed by atoms with E-state index in [0.29, 0.717) is 36.0 Å². The highest BCUT2D eigenvalue weighted by Crippen LogP contribution is 2.32. The summed E-state index contributed by atoms with van der Waals surface area (Å²) in [7, 11) is -2.76. The van der Waals surface area contributed by atoms with Crippen LogP contribution in [0.1, 0.15) is 60.3 Å². The lowest BCUT2D eigenvalue weighted by molar-refractivity contribution is 0.102. The fourth-order valence-corrected chi connectivity index (χ4v) is 7.32. The minimum atomic E-state index is -4.35. The van der Waals surface area contributed by atoms with Crippen LogP contribution in [-0.2, 0) is 39.0 Å². The van der Waals surface area contributed by atoms with E-state index in [0.717, 1.165) is 59.2 Å². The Morgan fingerprint density at radius 1 is 1.06 bits per heavy atom. The Balaban J connectivity index is 1.47. The first-order valence-corrected chi connectivity index (χ1v) is 17.1. The van der Waals surface area contributed by atoms with Crippen LogP contribution in [0.4, 0.5) is 25.1 Å². The maximum Gasteiger partial charge on any atom is 0.435 e. The number of carbonyl (C=O) groups is 2. The maximum absolute atomic E-state index is 14.0. The van der Waals surface area contributed by atoms with E-state index in [2.05, 4.69) is 20.6 Å². The molecule has 15 heteroatoms. The predicted molar refractivity (Wildman–Crippen MR) is 171 cm³/mol. The molecule has 254 valence electrons. The third kappa shape index (κ3) is 7.97. The molecular weight excluding hydrogens is 634 g/mol. The number of fused-ring (bicyclic) bond motifs is 1. The zero-order valence-electron chi connectivity index (χ0n) is 26.7. The van der Waals surface area contributed by atoms with Crippen LogP contribution in [0.25, 0.3) is 0 Å². The van der Waals surface area contributed by atoms with E-state index >= 15 is 0 Å². The van der Waals surface area contributed by atoms with Gasteiger partial charge in [-0.3, -0.25) is 9.69 Å². The lowest BCUT2D eigenvalue weighted by Gasteiger charge is -2.27. The summed E-state index contributed by atoms with van der Waals surface area (Å²) in [6.45, 7) is 6.67. The summed E-state index contributed by atoms with van der Waals surface area (Å²) in [5.41, 5.74) is 2.56. The molecule has 2 N–H and O–H groups in total. The third-order valence-corrected chi connectivity index (χ3v) is 9.91. The summed E-state index contributed by atoms with van der Waals surface area (Å²) in [4.78, 5) is 28.6. The largest absolute Gasteiger partial charge is 0.448 e. The van der Waals surface area contributed by atoms with Gasteiger partial charge in [-0.25, -0.2) is 22.0 Å². The number of nitrogens with one attached hydrogen (secondary N) is 2. The van der Waals surface area contributed by atoms with Crippen LogP contribution in [0.3, 0.4) is 0 Å². The van der Waals surface area contributed by atoms with Gasteiger partial charge in [0.25, 0.3) is 5.91 Å². The lowest BCUT2D eigenvalue weighted by atomic mass is 10.1. The van der Waals surface area contributed by atoms with Gasteiger partial charge in [0.1, 0.15) is 11.6 Å². The highest BCUT2D eigenvalue weighted by molar-refractivity contribution is 7.89. The van der Waals surface area contributed by atoms with E-state index in [1.807, 2.05) is 26.0 Å². The molecule has 0 saturated carbocycles. The lowest BCUT2D eigenvalue weighted by Crippen LogP contribution is -2.37. The predicted octanol–water partition coefficient (Wildman–Crippen LogP) is 4.60. The molecule has 2 aromatic carbocycles. The quantitative estimate of drug-likeness (QED) is 0.283. The van der Waals surface area contributed by atoms with E-state index < -0.39 is 38.6 Å². The van der Waals surface area contributed by atoms with Crippen molar-refractivity contribution in [2.45, 2.75) is 63.6 Å². The number of nitrogens with zero attached hydrogens (tertiary/aromatic N) is 4. The number of hydrogen-bond acceptors (Lipinski definition) is 9. The molecule has 0 bridgehead atoms.